The number of anilines is 1. The fraction of sp³-hybridized carbons (Fsp3) is 0.500. The van der Waals surface area contributed by atoms with Crippen LogP contribution in [0.3, 0.4) is 0 Å². The first-order chi connectivity index (χ1) is 10.1. The van der Waals surface area contributed by atoms with Crippen LogP contribution in [0.5, 0.6) is 0 Å². The molecule has 5 nitrogen and oxygen atoms in total. The Kier molecular flexibility index (Phi) is 3.92. The Labute approximate surface area is 124 Å². The fourth-order valence-corrected chi connectivity index (χ4v) is 2.96. The number of benzene rings is 1. The molecule has 21 heavy (non-hydrogen) atoms. The average molecular weight is 287 g/mol. The summed E-state index contributed by atoms with van der Waals surface area (Å²) in [7, 11) is 0. The third-order valence-electron chi connectivity index (χ3n) is 4.30. The van der Waals surface area contributed by atoms with E-state index in [1.807, 2.05) is 31.2 Å². The summed E-state index contributed by atoms with van der Waals surface area (Å²) < 4.78 is 0. The zero-order valence-electron chi connectivity index (χ0n) is 12.3. The molecule has 0 radical (unpaired) electrons. The Morgan fingerprint density at radius 2 is 2.05 bits per heavy atom. The van der Waals surface area contributed by atoms with Gasteiger partial charge in [-0.1, -0.05) is 17.7 Å². The number of aryl methyl sites for hydroxylation is 1. The van der Waals surface area contributed by atoms with Gasteiger partial charge in [0.15, 0.2) is 0 Å². The van der Waals surface area contributed by atoms with Crippen molar-refractivity contribution in [2.45, 2.75) is 25.8 Å². The van der Waals surface area contributed by atoms with E-state index in [1.165, 1.54) is 5.56 Å². The molecule has 0 aromatic heterocycles. The van der Waals surface area contributed by atoms with Crippen LogP contribution < -0.4 is 15.5 Å². The third kappa shape index (κ3) is 2.93. The van der Waals surface area contributed by atoms with Gasteiger partial charge in [0.05, 0.1) is 5.92 Å². The molecule has 1 aromatic carbocycles. The Bertz CT molecular complexity index is 535. The van der Waals surface area contributed by atoms with Crippen LogP contribution in [0, 0.1) is 12.8 Å². The normalized spacial score (nSPS) is 25.4. The average Bonchev–Trinajstić information content (AvgIpc) is 3.11. The molecular formula is C16H21N3O2. The van der Waals surface area contributed by atoms with Crippen molar-refractivity contribution >= 4 is 17.5 Å². The lowest BCUT2D eigenvalue weighted by atomic mass is 10.1. The highest BCUT2D eigenvalue weighted by Crippen LogP contribution is 2.22. The van der Waals surface area contributed by atoms with E-state index in [1.54, 1.807) is 4.90 Å². The molecule has 1 aromatic rings. The van der Waals surface area contributed by atoms with E-state index in [9.17, 15) is 9.59 Å². The van der Waals surface area contributed by atoms with Crippen LogP contribution in [0.1, 0.15) is 18.4 Å². The highest BCUT2D eigenvalue weighted by atomic mass is 16.2. The zero-order chi connectivity index (χ0) is 14.8. The maximum absolute atomic E-state index is 12.4. The van der Waals surface area contributed by atoms with E-state index >= 15 is 0 Å². The van der Waals surface area contributed by atoms with Crippen LogP contribution in [0.2, 0.25) is 0 Å². The highest BCUT2D eigenvalue weighted by Gasteiger charge is 2.35. The second-order valence-corrected chi connectivity index (χ2v) is 5.86. The standard InChI is InChI=1S/C16H21N3O2/c1-11-2-4-13(5-3-11)19-9-7-14(16(19)21)18-15(20)12-6-8-17-10-12/h2-5,12,14,17H,6-10H2,1H3,(H,18,20). The van der Waals surface area contributed by atoms with E-state index in [4.69, 9.17) is 0 Å². The molecule has 2 atom stereocenters. The van der Waals surface area contributed by atoms with E-state index in [0.717, 1.165) is 18.7 Å². The number of carbonyl (C=O) groups is 2. The van der Waals surface area contributed by atoms with Crippen molar-refractivity contribution in [2.75, 3.05) is 24.5 Å². The lowest BCUT2D eigenvalue weighted by Gasteiger charge is -2.18. The van der Waals surface area contributed by atoms with Gasteiger partial charge in [-0.05, 0) is 38.4 Å². The van der Waals surface area contributed by atoms with Gasteiger partial charge in [0, 0.05) is 18.8 Å². The Hall–Kier alpha value is -1.88. The van der Waals surface area contributed by atoms with Crippen molar-refractivity contribution in [3.8, 4) is 0 Å². The second kappa shape index (κ2) is 5.85. The van der Waals surface area contributed by atoms with Gasteiger partial charge in [-0.25, -0.2) is 0 Å². The number of rotatable bonds is 3. The maximum Gasteiger partial charge on any atom is 0.249 e. The largest absolute Gasteiger partial charge is 0.344 e. The van der Waals surface area contributed by atoms with Gasteiger partial charge in [0.25, 0.3) is 0 Å². The van der Waals surface area contributed by atoms with E-state index in [-0.39, 0.29) is 23.8 Å². The molecule has 2 fully saturated rings. The minimum Gasteiger partial charge on any atom is -0.344 e. The lowest BCUT2D eigenvalue weighted by molar-refractivity contribution is -0.128. The van der Waals surface area contributed by atoms with E-state index < -0.39 is 0 Å². The Morgan fingerprint density at radius 3 is 2.71 bits per heavy atom. The summed E-state index contributed by atoms with van der Waals surface area (Å²) >= 11 is 0. The molecule has 0 spiro atoms. The van der Waals surface area contributed by atoms with Crippen LogP contribution in [0.15, 0.2) is 24.3 Å². The van der Waals surface area contributed by atoms with Crippen LogP contribution in [0.25, 0.3) is 0 Å². The van der Waals surface area contributed by atoms with Gasteiger partial charge >= 0.3 is 0 Å². The van der Waals surface area contributed by atoms with Crippen LogP contribution in [-0.2, 0) is 9.59 Å². The highest BCUT2D eigenvalue weighted by molar-refractivity contribution is 6.01. The smallest absolute Gasteiger partial charge is 0.249 e. The zero-order valence-corrected chi connectivity index (χ0v) is 12.3. The molecule has 2 amide bonds. The number of hydrogen-bond donors (Lipinski definition) is 2. The van der Waals surface area contributed by atoms with Crippen LogP contribution in [-0.4, -0.2) is 37.5 Å². The van der Waals surface area contributed by atoms with Gasteiger partial charge in [0.2, 0.25) is 11.8 Å². The number of amides is 2. The first-order valence-electron chi connectivity index (χ1n) is 7.54. The predicted molar refractivity (Wildman–Crippen MR) is 81.1 cm³/mol. The predicted octanol–water partition coefficient (Wildman–Crippen LogP) is 0.826. The quantitative estimate of drug-likeness (QED) is 0.865. The molecule has 5 heteroatoms. The van der Waals surface area contributed by atoms with E-state index in [2.05, 4.69) is 10.6 Å². The molecule has 112 valence electrons. The number of hydrogen-bond acceptors (Lipinski definition) is 3. The Morgan fingerprint density at radius 1 is 1.29 bits per heavy atom. The molecule has 0 saturated carbocycles. The summed E-state index contributed by atoms with van der Waals surface area (Å²) in [5, 5.41) is 6.08. The molecular weight excluding hydrogens is 266 g/mol. The van der Waals surface area contributed by atoms with Crippen molar-refractivity contribution in [1.82, 2.24) is 10.6 Å². The molecule has 3 rings (SSSR count). The summed E-state index contributed by atoms with van der Waals surface area (Å²) in [6.45, 7) is 4.28. The number of carbonyl (C=O) groups excluding carboxylic acids is 2. The molecule has 0 aliphatic carbocycles. The van der Waals surface area contributed by atoms with Gasteiger partial charge in [-0.3, -0.25) is 9.59 Å². The first kappa shape index (κ1) is 14.1. The van der Waals surface area contributed by atoms with Gasteiger partial charge < -0.3 is 15.5 Å². The monoisotopic (exact) mass is 287 g/mol. The minimum atomic E-state index is -0.376. The van der Waals surface area contributed by atoms with Crippen molar-refractivity contribution in [1.29, 1.82) is 0 Å². The summed E-state index contributed by atoms with van der Waals surface area (Å²) in [4.78, 5) is 26.3. The van der Waals surface area contributed by atoms with Crippen molar-refractivity contribution in [3.63, 3.8) is 0 Å². The summed E-state index contributed by atoms with van der Waals surface area (Å²) in [5.41, 5.74) is 2.08. The maximum atomic E-state index is 12.4. The van der Waals surface area contributed by atoms with Gasteiger partial charge in [-0.2, -0.15) is 0 Å². The Balaban J connectivity index is 1.63. The third-order valence-corrected chi connectivity index (χ3v) is 4.30. The number of nitrogens with one attached hydrogen (secondary N) is 2. The summed E-state index contributed by atoms with van der Waals surface area (Å²) in [5.74, 6) is 0.00786. The molecule has 2 heterocycles. The first-order valence-corrected chi connectivity index (χ1v) is 7.54. The van der Waals surface area contributed by atoms with Gasteiger partial charge in [-0.15, -0.1) is 0 Å². The van der Waals surface area contributed by atoms with Crippen LogP contribution in [0.4, 0.5) is 5.69 Å². The molecule has 2 aliphatic heterocycles. The minimum absolute atomic E-state index is 0.00170. The molecule has 2 N–H and O–H groups in total. The van der Waals surface area contributed by atoms with Crippen molar-refractivity contribution in [2.24, 2.45) is 5.92 Å². The summed E-state index contributed by atoms with van der Waals surface area (Å²) in [6, 6.07) is 7.54. The summed E-state index contributed by atoms with van der Waals surface area (Å²) in [6.07, 6.45) is 1.53. The molecule has 2 saturated heterocycles. The number of nitrogens with zero attached hydrogens (tertiary/aromatic N) is 1. The lowest BCUT2D eigenvalue weighted by Crippen LogP contribution is -2.44. The second-order valence-electron chi connectivity index (χ2n) is 5.86. The fourth-order valence-electron chi connectivity index (χ4n) is 2.96. The molecule has 0 bridgehead atoms. The van der Waals surface area contributed by atoms with E-state index in [0.29, 0.717) is 19.5 Å². The molecule has 2 aliphatic rings. The van der Waals surface area contributed by atoms with Crippen molar-refractivity contribution in [3.05, 3.63) is 29.8 Å². The molecule has 2 unspecified atom stereocenters. The van der Waals surface area contributed by atoms with Crippen molar-refractivity contribution < 1.29 is 9.59 Å². The van der Waals surface area contributed by atoms with Gasteiger partial charge in [0.1, 0.15) is 6.04 Å². The SMILES string of the molecule is Cc1ccc(N2CCC(NC(=O)C3CCNC3)C2=O)cc1. The van der Waals surface area contributed by atoms with Crippen LogP contribution >= 0.6 is 0 Å². The topological polar surface area (TPSA) is 61.4 Å².